The van der Waals surface area contributed by atoms with Crippen molar-refractivity contribution >= 4 is 29.9 Å². The highest BCUT2D eigenvalue weighted by Crippen LogP contribution is 2.24. The van der Waals surface area contributed by atoms with Gasteiger partial charge in [0, 0.05) is 26.2 Å². The van der Waals surface area contributed by atoms with Gasteiger partial charge in [0.05, 0.1) is 18.1 Å². The molecule has 2 aliphatic rings. The summed E-state index contributed by atoms with van der Waals surface area (Å²) < 4.78 is 7.62. The van der Waals surface area contributed by atoms with E-state index in [0.29, 0.717) is 6.54 Å². The van der Waals surface area contributed by atoms with E-state index in [1.807, 2.05) is 18.5 Å². The molecule has 8 nitrogen and oxygen atoms in total. The molecule has 2 N–H and O–H groups in total. The number of aryl methyl sites for hydroxylation is 1. The van der Waals surface area contributed by atoms with E-state index in [-0.39, 0.29) is 42.0 Å². The number of hydrogen-bond donors (Lipinski definition) is 2. The van der Waals surface area contributed by atoms with E-state index in [1.54, 1.807) is 0 Å². The minimum atomic E-state index is 0. The SMILES string of the molecule is Cc1nnc(CN=C(NCC2CCCO2)NC2CCCC2C#N)n1C.I. The largest absolute Gasteiger partial charge is 0.376 e. The summed E-state index contributed by atoms with van der Waals surface area (Å²) in [6.07, 6.45) is 5.46. The minimum absolute atomic E-state index is 0. The highest BCUT2D eigenvalue weighted by atomic mass is 127. The van der Waals surface area contributed by atoms with E-state index < -0.39 is 0 Å². The Morgan fingerprint density at radius 3 is 2.85 bits per heavy atom. The van der Waals surface area contributed by atoms with Crippen LogP contribution in [0.4, 0.5) is 0 Å². The number of guanidine groups is 1. The summed E-state index contributed by atoms with van der Waals surface area (Å²) in [5.41, 5.74) is 0. The Hall–Kier alpha value is -1.41. The van der Waals surface area contributed by atoms with Crippen molar-refractivity contribution in [2.24, 2.45) is 18.0 Å². The Bertz CT molecular complexity index is 648. The summed E-state index contributed by atoms with van der Waals surface area (Å²) >= 11 is 0. The average molecular weight is 473 g/mol. The number of nitriles is 1. The molecule has 1 aromatic rings. The van der Waals surface area contributed by atoms with Gasteiger partial charge in [-0.25, -0.2) is 4.99 Å². The molecule has 0 spiro atoms. The van der Waals surface area contributed by atoms with Crippen molar-refractivity contribution in [3.05, 3.63) is 11.6 Å². The van der Waals surface area contributed by atoms with Gasteiger partial charge in [0.25, 0.3) is 0 Å². The van der Waals surface area contributed by atoms with Crippen LogP contribution in [-0.2, 0) is 18.3 Å². The standard InChI is InChI=1S/C17H27N7O.HI/c1-12-22-23-16(24(12)2)11-20-17(19-10-14-6-4-8-25-14)21-15-7-3-5-13(15)9-18;/h13-15H,3-8,10-11H2,1-2H3,(H2,19,20,21);1H. The molecule has 1 saturated carbocycles. The summed E-state index contributed by atoms with van der Waals surface area (Å²) in [6, 6.07) is 2.56. The Labute approximate surface area is 171 Å². The Morgan fingerprint density at radius 1 is 1.35 bits per heavy atom. The molecule has 1 aliphatic carbocycles. The van der Waals surface area contributed by atoms with Gasteiger partial charge in [-0.1, -0.05) is 0 Å². The quantitative estimate of drug-likeness (QED) is 0.383. The number of aromatic nitrogens is 3. The van der Waals surface area contributed by atoms with Crippen molar-refractivity contribution in [2.75, 3.05) is 13.2 Å². The Morgan fingerprint density at radius 2 is 2.19 bits per heavy atom. The van der Waals surface area contributed by atoms with Gasteiger partial charge < -0.3 is 19.9 Å². The van der Waals surface area contributed by atoms with Crippen molar-refractivity contribution < 1.29 is 4.74 Å². The van der Waals surface area contributed by atoms with Gasteiger partial charge in [0.2, 0.25) is 0 Å². The number of nitrogens with zero attached hydrogens (tertiary/aromatic N) is 5. The summed E-state index contributed by atoms with van der Waals surface area (Å²) in [5.74, 6) is 2.46. The molecule has 1 saturated heterocycles. The second kappa shape index (κ2) is 10.1. The molecule has 26 heavy (non-hydrogen) atoms. The third kappa shape index (κ3) is 5.30. The van der Waals surface area contributed by atoms with E-state index >= 15 is 0 Å². The van der Waals surface area contributed by atoms with Crippen LogP contribution in [0.15, 0.2) is 4.99 Å². The molecule has 2 fully saturated rings. The van der Waals surface area contributed by atoms with E-state index in [1.165, 1.54) is 0 Å². The van der Waals surface area contributed by atoms with E-state index in [0.717, 1.165) is 62.9 Å². The molecule has 9 heteroatoms. The lowest BCUT2D eigenvalue weighted by molar-refractivity contribution is 0.113. The van der Waals surface area contributed by atoms with E-state index in [4.69, 9.17) is 4.74 Å². The lowest BCUT2D eigenvalue weighted by atomic mass is 10.1. The molecule has 1 aromatic heterocycles. The number of nitrogens with one attached hydrogen (secondary N) is 2. The zero-order valence-electron chi connectivity index (χ0n) is 15.4. The monoisotopic (exact) mass is 473 g/mol. The average Bonchev–Trinajstić information content (AvgIpc) is 3.34. The van der Waals surface area contributed by atoms with Crippen LogP contribution in [0.5, 0.6) is 0 Å². The first-order chi connectivity index (χ1) is 12.2. The van der Waals surface area contributed by atoms with Crippen molar-refractivity contribution in [3.63, 3.8) is 0 Å². The van der Waals surface area contributed by atoms with Crippen LogP contribution >= 0.6 is 24.0 Å². The van der Waals surface area contributed by atoms with Crippen LogP contribution in [0.3, 0.4) is 0 Å². The smallest absolute Gasteiger partial charge is 0.192 e. The molecule has 0 aromatic carbocycles. The number of aliphatic imine (C=N–C) groups is 1. The predicted octanol–water partition coefficient (Wildman–Crippen LogP) is 1.65. The van der Waals surface area contributed by atoms with Gasteiger partial charge in [0.1, 0.15) is 12.4 Å². The molecule has 0 bridgehead atoms. The second-order valence-electron chi connectivity index (χ2n) is 6.82. The summed E-state index contributed by atoms with van der Waals surface area (Å²) in [6.45, 7) is 3.93. The lowest BCUT2D eigenvalue weighted by Gasteiger charge is -2.21. The highest BCUT2D eigenvalue weighted by Gasteiger charge is 2.28. The van der Waals surface area contributed by atoms with Crippen LogP contribution < -0.4 is 10.6 Å². The van der Waals surface area contributed by atoms with Gasteiger partial charge in [0.15, 0.2) is 11.8 Å². The second-order valence-corrected chi connectivity index (χ2v) is 6.82. The minimum Gasteiger partial charge on any atom is -0.376 e. The van der Waals surface area contributed by atoms with Crippen LogP contribution in [0.1, 0.15) is 43.8 Å². The molecule has 3 rings (SSSR count). The number of halogens is 1. The topological polar surface area (TPSA) is 100 Å². The lowest BCUT2D eigenvalue weighted by Crippen LogP contribution is -2.46. The molecule has 3 unspecified atom stereocenters. The predicted molar refractivity (Wildman–Crippen MR) is 109 cm³/mol. The maximum absolute atomic E-state index is 9.31. The zero-order chi connectivity index (χ0) is 17.6. The van der Waals surface area contributed by atoms with Crippen molar-refractivity contribution in [2.45, 2.75) is 57.7 Å². The van der Waals surface area contributed by atoms with Crippen LogP contribution in [0.25, 0.3) is 0 Å². The summed E-state index contributed by atoms with van der Waals surface area (Å²) in [5, 5.41) is 24.4. The van der Waals surface area contributed by atoms with Gasteiger partial charge in [-0.15, -0.1) is 34.2 Å². The van der Waals surface area contributed by atoms with Crippen molar-refractivity contribution in [1.29, 1.82) is 5.26 Å². The fourth-order valence-corrected chi connectivity index (χ4v) is 3.37. The molecule has 1 aliphatic heterocycles. The normalized spacial score (nSPS) is 25.6. The first-order valence-corrected chi connectivity index (χ1v) is 9.08. The van der Waals surface area contributed by atoms with Gasteiger partial charge >= 0.3 is 0 Å². The van der Waals surface area contributed by atoms with Crippen LogP contribution in [0.2, 0.25) is 0 Å². The number of rotatable bonds is 5. The third-order valence-electron chi connectivity index (χ3n) is 5.09. The van der Waals surface area contributed by atoms with Gasteiger partial charge in [-0.2, -0.15) is 5.26 Å². The number of hydrogen-bond acceptors (Lipinski definition) is 5. The zero-order valence-corrected chi connectivity index (χ0v) is 17.8. The maximum Gasteiger partial charge on any atom is 0.192 e. The van der Waals surface area contributed by atoms with Crippen LogP contribution in [0, 0.1) is 24.2 Å². The first-order valence-electron chi connectivity index (χ1n) is 9.08. The molecule has 0 amide bonds. The Balaban J connectivity index is 0.00000243. The molecular weight excluding hydrogens is 445 g/mol. The number of ether oxygens (including phenoxy) is 1. The molecule has 144 valence electrons. The fourth-order valence-electron chi connectivity index (χ4n) is 3.37. The molecule has 0 radical (unpaired) electrons. The summed E-state index contributed by atoms with van der Waals surface area (Å²) in [4.78, 5) is 4.67. The third-order valence-corrected chi connectivity index (χ3v) is 5.09. The van der Waals surface area contributed by atoms with Crippen LogP contribution in [-0.4, -0.2) is 46.0 Å². The molecule has 3 atom stereocenters. The van der Waals surface area contributed by atoms with Gasteiger partial charge in [-0.05, 0) is 39.0 Å². The fraction of sp³-hybridized carbons (Fsp3) is 0.765. The molecular formula is C17H28IN7O. The van der Waals surface area contributed by atoms with Crippen molar-refractivity contribution in [1.82, 2.24) is 25.4 Å². The molecule has 2 heterocycles. The van der Waals surface area contributed by atoms with E-state index in [2.05, 4.69) is 31.9 Å². The van der Waals surface area contributed by atoms with E-state index in [9.17, 15) is 5.26 Å². The Kier molecular flexibility index (Phi) is 8.09. The first kappa shape index (κ1) is 20.9. The highest BCUT2D eigenvalue weighted by molar-refractivity contribution is 14.0. The van der Waals surface area contributed by atoms with Crippen molar-refractivity contribution in [3.8, 4) is 6.07 Å². The maximum atomic E-state index is 9.31. The summed E-state index contributed by atoms with van der Waals surface area (Å²) in [7, 11) is 1.94. The van der Waals surface area contributed by atoms with Gasteiger partial charge in [-0.3, -0.25) is 0 Å².